The first-order valence-electron chi connectivity index (χ1n) is 11.3. The van der Waals surface area contributed by atoms with Gasteiger partial charge in [-0.15, -0.1) is 0 Å². The van der Waals surface area contributed by atoms with Crippen LogP contribution in [0.2, 0.25) is 0 Å². The van der Waals surface area contributed by atoms with Gasteiger partial charge in [0, 0.05) is 32.3 Å². The van der Waals surface area contributed by atoms with Gasteiger partial charge in [-0.1, -0.05) is 6.42 Å². The Morgan fingerprint density at radius 2 is 2.10 bits per heavy atom. The monoisotopic (exact) mass is 428 g/mol. The third-order valence-corrected chi connectivity index (χ3v) is 6.53. The minimum Gasteiger partial charge on any atom is -0.463 e. The number of piperidine rings is 2. The lowest BCUT2D eigenvalue weighted by molar-refractivity contribution is -0.134. The maximum atomic E-state index is 13.2. The maximum absolute atomic E-state index is 13.2. The first-order valence-corrected chi connectivity index (χ1v) is 11.3. The summed E-state index contributed by atoms with van der Waals surface area (Å²) >= 11 is 0. The van der Waals surface area contributed by atoms with E-state index in [-0.39, 0.29) is 18.0 Å². The van der Waals surface area contributed by atoms with E-state index in [0.717, 1.165) is 6.42 Å². The predicted octanol–water partition coefficient (Wildman–Crippen LogP) is 2.24. The number of carbonyl (C=O) groups excluding carboxylic acids is 1. The first kappa shape index (κ1) is 21.8. The van der Waals surface area contributed by atoms with Crippen molar-refractivity contribution < 1.29 is 13.9 Å². The molecule has 2 saturated heterocycles. The van der Waals surface area contributed by atoms with E-state index in [4.69, 9.17) is 9.15 Å². The molecule has 2 aromatic heterocycles. The van der Waals surface area contributed by atoms with Crippen molar-refractivity contribution in [1.29, 1.82) is 0 Å². The molecule has 8 heteroatoms. The molecular weight excluding hydrogens is 396 g/mol. The Kier molecular flexibility index (Phi) is 7.19. The molecule has 1 amide bonds. The van der Waals surface area contributed by atoms with E-state index in [0.29, 0.717) is 43.1 Å². The highest BCUT2D eigenvalue weighted by Crippen LogP contribution is 2.31. The summed E-state index contributed by atoms with van der Waals surface area (Å²) < 4.78 is 11.9. The summed E-state index contributed by atoms with van der Waals surface area (Å²) in [5.41, 5.74) is 0.234. The lowest BCUT2D eigenvalue weighted by Crippen LogP contribution is -2.52. The van der Waals surface area contributed by atoms with Crippen LogP contribution in [0.5, 0.6) is 0 Å². The van der Waals surface area contributed by atoms with Crippen LogP contribution in [0.3, 0.4) is 0 Å². The normalized spacial score (nSPS) is 21.6. The number of amides is 1. The van der Waals surface area contributed by atoms with Gasteiger partial charge in [-0.05, 0) is 62.9 Å². The lowest BCUT2D eigenvalue weighted by atomic mass is 9.83. The van der Waals surface area contributed by atoms with Crippen molar-refractivity contribution in [2.75, 3.05) is 39.9 Å². The standard InChI is InChI=1S/C23H32N4O4/c1-30-15-13-26(16-18-6-4-12-25-11-3-2-7-20(18)25)23(29)17-27-22(28)10-9-19(24-27)21-8-5-14-31-21/h5,8-10,14,18,20H,2-4,6-7,11-13,15-17H2,1H3. The maximum Gasteiger partial charge on any atom is 0.267 e. The van der Waals surface area contributed by atoms with Crippen LogP contribution in [0.1, 0.15) is 32.1 Å². The van der Waals surface area contributed by atoms with Gasteiger partial charge < -0.3 is 19.0 Å². The third kappa shape index (κ3) is 5.25. The summed E-state index contributed by atoms with van der Waals surface area (Å²) in [4.78, 5) is 30.1. The topological polar surface area (TPSA) is 80.8 Å². The zero-order valence-corrected chi connectivity index (χ0v) is 18.2. The molecule has 2 atom stereocenters. The Balaban J connectivity index is 1.48. The Bertz CT molecular complexity index is 909. The molecule has 2 aliphatic rings. The van der Waals surface area contributed by atoms with Crippen LogP contribution in [0, 0.1) is 5.92 Å². The fourth-order valence-corrected chi connectivity index (χ4v) is 4.94. The molecular formula is C23H32N4O4. The van der Waals surface area contributed by atoms with Crippen LogP contribution >= 0.6 is 0 Å². The van der Waals surface area contributed by atoms with Gasteiger partial charge in [0.25, 0.3) is 5.56 Å². The molecule has 8 nitrogen and oxygen atoms in total. The Hall–Kier alpha value is -2.45. The summed E-state index contributed by atoms with van der Waals surface area (Å²) in [6.07, 6.45) is 7.63. The van der Waals surface area contributed by atoms with E-state index in [1.807, 2.05) is 4.90 Å². The Labute approximate surface area is 182 Å². The second-order valence-electron chi connectivity index (χ2n) is 8.53. The number of methoxy groups -OCH3 is 1. The Morgan fingerprint density at radius 3 is 2.90 bits per heavy atom. The van der Waals surface area contributed by atoms with Crippen molar-refractivity contribution in [2.24, 2.45) is 5.92 Å². The van der Waals surface area contributed by atoms with Gasteiger partial charge in [-0.3, -0.25) is 9.59 Å². The van der Waals surface area contributed by atoms with Crippen molar-refractivity contribution in [2.45, 2.75) is 44.7 Å². The van der Waals surface area contributed by atoms with Gasteiger partial charge in [0.1, 0.15) is 12.2 Å². The van der Waals surface area contributed by atoms with Gasteiger partial charge in [0.2, 0.25) is 5.91 Å². The highest BCUT2D eigenvalue weighted by Gasteiger charge is 2.34. The van der Waals surface area contributed by atoms with Gasteiger partial charge in [0.05, 0.1) is 12.9 Å². The molecule has 0 N–H and O–H groups in total. The molecule has 0 aliphatic carbocycles. The second-order valence-corrected chi connectivity index (χ2v) is 8.53. The Morgan fingerprint density at radius 1 is 1.23 bits per heavy atom. The molecule has 2 aromatic rings. The summed E-state index contributed by atoms with van der Waals surface area (Å²) in [6, 6.07) is 7.15. The molecule has 4 rings (SSSR count). The lowest BCUT2D eigenvalue weighted by Gasteiger charge is -2.45. The van der Waals surface area contributed by atoms with Crippen LogP contribution in [0.25, 0.3) is 11.5 Å². The van der Waals surface area contributed by atoms with Crippen LogP contribution < -0.4 is 5.56 Å². The van der Waals surface area contributed by atoms with Gasteiger partial charge in [-0.2, -0.15) is 5.10 Å². The summed E-state index contributed by atoms with van der Waals surface area (Å²) in [5, 5.41) is 4.35. The highest BCUT2D eigenvalue weighted by molar-refractivity contribution is 5.76. The van der Waals surface area contributed by atoms with E-state index in [1.54, 1.807) is 31.6 Å². The highest BCUT2D eigenvalue weighted by atomic mass is 16.5. The van der Waals surface area contributed by atoms with Crippen molar-refractivity contribution >= 4 is 5.91 Å². The van der Waals surface area contributed by atoms with E-state index >= 15 is 0 Å². The fourth-order valence-electron chi connectivity index (χ4n) is 4.94. The van der Waals surface area contributed by atoms with Crippen molar-refractivity contribution in [1.82, 2.24) is 19.6 Å². The van der Waals surface area contributed by atoms with E-state index < -0.39 is 0 Å². The SMILES string of the molecule is COCCN(CC1CCCN2CCCCC12)C(=O)Cn1nc(-c2ccco2)ccc1=O. The van der Waals surface area contributed by atoms with Crippen LogP contribution in [0.4, 0.5) is 0 Å². The summed E-state index contributed by atoms with van der Waals surface area (Å²) in [5.74, 6) is 0.933. The van der Waals surface area contributed by atoms with E-state index in [9.17, 15) is 9.59 Å². The molecule has 0 saturated carbocycles. The van der Waals surface area contributed by atoms with E-state index in [2.05, 4.69) is 10.00 Å². The number of fused-ring (bicyclic) bond motifs is 1. The number of hydrogen-bond donors (Lipinski definition) is 0. The van der Waals surface area contributed by atoms with Crippen LogP contribution in [0.15, 0.2) is 39.7 Å². The molecule has 0 spiro atoms. The minimum absolute atomic E-state index is 0.0851. The van der Waals surface area contributed by atoms with Gasteiger partial charge in [0.15, 0.2) is 5.76 Å². The summed E-state index contributed by atoms with van der Waals surface area (Å²) in [6.45, 7) is 3.96. The quantitative estimate of drug-likeness (QED) is 0.642. The number of nitrogens with zero attached hydrogens (tertiary/aromatic N) is 4. The largest absolute Gasteiger partial charge is 0.463 e. The van der Waals surface area contributed by atoms with Crippen LogP contribution in [-0.4, -0.2) is 71.4 Å². The number of carbonyl (C=O) groups is 1. The van der Waals surface area contributed by atoms with Crippen LogP contribution in [-0.2, 0) is 16.1 Å². The number of rotatable bonds is 8. The number of furan rings is 1. The molecule has 0 radical (unpaired) electrons. The molecule has 0 aromatic carbocycles. The zero-order chi connectivity index (χ0) is 21.6. The number of aromatic nitrogens is 2. The van der Waals surface area contributed by atoms with Crippen molar-refractivity contribution in [3.05, 3.63) is 40.9 Å². The molecule has 168 valence electrons. The minimum atomic E-state index is -0.300. The molecule has 2 aliphatic heterocycles. The average Bonchev–Trinajstić information content (AvgIpc) is 3.33. The average molecular weight is 429 g/mol. The predicted molar refractivity (Wildman–Crippen MR) is 117 cm³/mol. The molecule has 0 bridgehead atoms. The molecule has 2 fully saturated rings. The smallest absolute Gasteiger partial charge is 0.267 e. The zero-order valence-electron chi connectivity index (χ0n) is 18.2. The second kappa shape index (κ2) is 10.2. The van der Waals surface area contributed by atoms with Crippen molar-refractivity contribution in [3.63, 3.8) is 0 Å². The molecule has 4 heterocycles. The summed E-state index contributed by atoms with van der Waals surface area (Å²) in [7, 11) is 1.64. The molecule has 2 unspecified atom stereocenters. The van der Waals surface area contributed by atoms with Crippen molar-refractivity contribution in [3.8, 4) is 11.5 Å². The van der Waals surface area contributed by atoms with Gasteiger partial charge >= 0.3 is 0 Å². The fraction of sp³-hybridized carbons (Fsp3) is 0.609. The molecule has 31 heavy (non-hydrogen) atoms. The van der Waals surface area contributed by atoms with Gasteiger partial charge in [-0.25, -0.2) is 4.68 Å². The number of hydrogen-bond acceptors (Lipinski definition) is 6. The number of ether oxygens (including phenoxy) is 1. The third-order valence-electron chi connectivity index (χ3n) is 6.53. The first-order chi connectivity index (χ1) is 15.2. The van der Waals surface area contributed by atoms with E-state index in [1.165, 1.54) is 49.5 Å².